The van der Waals surface area contributed by atoms with E-state index in [9.17, 15) is 4.79 Å². The lowest BCUT2D eigenvalue weighted by molar-refractivity contribution is -0.384. The molecule has 0 amide bonds. The van der Waals surface area contributed by atoms with Gasteiger partial charge >= 0.3 is 5.97 Å². The predicted octanol–water partition coefficient (Wildman–Crippen LogP) is 1.12. The van der Waals surface area contributed by atoms with Crippen molar-refractivity contribution in [1.29, 1.82) is 0 Å². The summed E-state index contributed by atoms with van der Waals surface area (Å²) in [5, 5.41) is 0. The maximum Gasteiger partial charge on any atom is 0.306 e. The predicted molar refractivity (Wildman–Crippen MR) is 68.2 cm³/mol. The van der Waals surface area contributed by atoms with Gasteiger partial charge in [-0.05, 0) is 12.8 Å². The third-order valence-electron chi connectivity index (χ3n) is 6.11. The number of carbonyl (C=O) groups excluding carboxylic acids is 1. The third-order valence-corrected chi connectivity index (χ3v) is 6.11. The average molecular weight is 296 g/mol. The second-order valence-corrected chi connectivity index (χ2v) is 7.12. The van der Waals surface area contributed by atoms with Gasteiger partial charge in [0.15, 0.2) is 6.10 Å². The number of rotatable bonds is 1. The van der Waals surface area contributed by atoms with Crippen LogP contribution in [0.2, 0.25) is 0 Å². The van der Waals surface area contributed by atoms with Crippen LogP contribution in [0.3, 0.4) is 0 Å². The molecule has 7 unspecified atom stereocenters. The largest absolute Gasteiger partial charge is 0.456 e. The third kappa shape index (κ3) is 1.28. The molecule has 3 heterocycles. The van der Waals surface area contributed by atoms with Crippen molar-refractivity contribution in [3.8, 4) is 0 Å². The molecule has 7 atom stereocenters. The first kappa shape index (κ1) is 12.8. The first-order chi connectivity index (χ1) is 10.0. The molecule has 21 heavy (non-hydrogen) atoms. The van der Waals surface area contributed by atoms with Gasteiger partial charge in [-0.1, -0.05) is 6.42 Å². The first-order valence-corrected chi connectivity index (χ1v) is 7.82. The van der Waals surface area contributed by atoms with Gasteiger partial charge in [-0.3, -0.25) is 4.79 Å². The van der Waals surface area contributed by atoms with Crippen LogP contribution in [0.15, 0.2) is 0 Å². The number of hydrogen-bond donors (Lipinski definition) is 0. The molecule has 2 saturated carbocycles. The highest BCUT2D eigenvalue weighted by molar-refractivity contribution is 5.72. The van der Waals surface area contributed by atoms with Crippen LogP contribution in [-0.2, 0) is 28.5 Å². The van der Waals surface area contributed by atoms with Gasteiger partial charge in [0.05, 0.1) is 12.5 Å². The molecule has 3 aliphatic heterocycles. The van der Waals surface area contributed by atoms with Crippen molar-refractivity contribution in [2.45, 2.75) is 74.5 Å². The minimum Gasteiger partial charge on any atom is -0.456 e. The summed E-state index contributed by atoms with van der Waals surface area (Å²) in [5.41, 5.74) is -1.00. The number of fused-ring (bicyclic) bond motifs is 2. The van der Waals surface area contributed by atoms with Gasteiger partial charge in [0.25, 0.3) is 5.97 Å². The van der Waals surface area contributed by atoms with E-state index in [1.807, 2.05) is 6.92 Å². The monoisotopic (exact) mass is 296 g/mol. The van der Waals surface area contributed by atoms with Gasteiger partial charge < -0.3 is 23.7 Å². The standard InChI is InChI=1S/C15H20O6/c1-13-19-9-7-14(20-13)5-3-4-8-6-10(16)18-12(11(9)17-2)15(8,14)21-13/h8-9,11-12H,3-7H2,1-2H3. The Morgan fingerprint density at radius 3 is 3.00 bits per heavy atom. The number of hydrogen-bond acceptors (Lipinski definition) is 6. The summed E-state index contributed by atoms with van der Waals surface area (Å²) in [4.78, 5) is 12.0. The highest BCUT2D eigenvalue weighted by Gasteiger charge is 2.82. The summed E-state index contributed by atoms with van der Waals surface area (Å²) in [6, 6.07) is 0. The van der Waals surface area contributed by atoms with Crippen LogP contribution >= 0.6 is 0 Å². The lowest BCUT2D eigenvalue weighted by Gasteiger charge is -2.60. The molecule has 0 aromatic rings. The Morgan fingerprint density at radius 1 is 1.33 bits per heavy atom. The highest BCUT2D eigenvalue weighted by atomic mass is 16.9. The summed E-state index contributed by atoms with van der Waals surface area (Å²) < 4.78 is 30.1. The van der Waals surface area contributed by atoms with Crippen molar-refractivity contribution < 1.29 is 28.5 Å². The van der Waals surface area contributed by atoms with E-state index < -0.39 is 23.3 Å². The van der Waals surface area contributed by atoms with E-state index in [0.717, 1.165) is 25.7 Å². The van der Waals surface area contributed by atoms with E-state index >= 15 is 0 Å². The maximum absolute atomic E-state index is 12.0. The zero-order valence-electron chi connectivity index (χ0n) is 12.3. The Bertz CT molecular complexity index is 522. The first-order valence-electron chi connectivity index (χ1n) is 7.82. The van der Waals surface area contributed by atoms with Crippen molar-refractivity contribution in [3.05, 3.63) is 0 Å². The molecular weight excluding hydrogens is 276 g/mol. The average Bonchev–Trinajstić information content (AvgIpc) is 2.55. The molecule has 5 rings (SSSR count). The fourth-order valence-corrected chi connectivity index (χ4v) is 5.64. The highest BCUT2D eigenvalue weighted by Crippen LogP contribution is 2.67. The zero-order chi connectivity index (χ0) is 14.5. The summed E-state index contributed by atoms with van der Waals surface area (Å²) in [6.45, 7) is 1.83. The van der Waals surface area contributed by atoms with Gasteiger partial charge in [0, 0.05) is 26.4 Å². The van der Waals surface area contributed by atoms with E-state index in [4.69, 9.17) is 23.7 Å². The Kier molecular flexibility index (Phi) is 2.21. The topological polar surface area (TPSA) is 63.2 Å². The van der Waals surface area contributed by atoms with E-state index in [0.29, 0.717) is 6.42 Å². The van der Waals surface area contributed by atoms with Crippen molar-refractivity contribution >= 4 is 5.97 Å². The minimum atomic E-state index is -1.04. The van der Waals surface area contributed by atoms with Crippen molar-refractivity contribution in [2.24, 2.45) is 5.92 Å². The van der Waals surface area contributed by atoms with Crippen LogP contribution in [-0.4, -0.2) is 48.6 Å². The Labute approximate surface area is 123 Å². The van der Waals surface area contributed by atoms with Crippen molar-refractivity contribution in [1.82, 2.24) is 0 Å². The number of carbonyl (C=O) groups is 1. The number of ether oxygens (including phenoxy) is 5. The van der Waals surface area contributed by atoms with Crippen LogP contribution in [0.25, 0.3) is 0 Å². The van der Waals surface area contributed by atoms with E-state index in [1.165, 1.54) is 0 Å². The van der Waals surface area contributed by atoms with Gasteiger partial charge in [-0.2, -0.15) is 0 Å². The normalized spacial score (nSPS) is 60.6. The number of methoxy groups -OCH3 is 1. The summed E-state index contributed by atoms with van der Waals surface area (Å²) in [5.74, 6) is -1.08. The molecule has 3 bridgehead atoms. The minimum absolute atomic E-state index is 0.125. The summed E-state index contributed by atoms with van der Waals surface area (Å²) in [6.07, 6.45) is 3.24. The van der Waals surface area contributed by atoms with Gasteiger partial charge in [-0.25, -0.2) is 0 Å². The molecule has 116 valence electrons. The summed E-state index contributed by atoms with van der Waals surface area (Å²) in [7, 11) is 1.65. The molecule has 0 N–H and O–H groups in total. The fraction of sp³-hybridized carbons (Fsp3) is 0.933. The lowest BCUT2D eigenvalue weighted by Crippen LogP contribution is -2.76. The molecule has 0 radical (unpaired) electrons. The number of esters is 1. The molecule has 6 nitrogen and oxygen atoms in total. The molecule has 5 aliphatic rings. The van der Waals surface area contributed by atoms with Crippen LogP contribution in [0.1, 0.15) is 39.0 Å². The smallest absolute Gasteiger partial charge is 0.306 e. The molecule has 2 spiro atoms. The molecule has 6 heteroatoms. The molecular formula is C15H20O6. The van der Waals surface area contributed by atoms with Crippen molar-refractivity contribution in [2.75, 3.05) is 7.11 Å². The van der Waals surface area contributed by atoms with E-state index in [-0.39, 0.29) is 24.1 Å². The quantitative estimate of drug-likeness (QED) is 0.676. The van der Waals surface area contributed by atoms with Crippen molar-refractivity contribution in [3.63, 3.8) is 0 Å². The van der Waals surface area contributed by atoms with E-state index in [2.05, 4.69) is 0 Å². The second kappa shape index (κ2) is 3.62. The van der Waals surface area contributed by atoms with E-state index in [1.54, 1.807) is 7.11 Å². The van der Waals surface area contributed by atoms with Crippen LogP contribution in [0.5, 0.6) is 0 Å². The molecule has 2 aliphatic carbocycles. The van der Waals surface area contributed by atoms with Crippen LogP contribution in [0.4, 0.5) is 0 Å². The summed E-state index contributed by atoms with van der Waals surface area (Å²) >= 11 is 0. The molecule has 0 aromatic heterocycles. The van der Waals surface area contributed by atoms with Gasteiger partial charge in [0.1, 0.15) is 17.3 Å². The van der Waals surface area contributed by atoms with Crippen LogP contribution in [0, 0.1) is 5.92 Å². The molecule has 5 fully saturated rings. The lowest BCUT2D eigenvalue weighted by atomic mass is 9.55. The van der Waals surface area contributed by atoms with Gasteiger partial charge in [0.2, 0.25) is 0 Å². The Morgan fingerprint density at radius 2 is 2.19 bits per heavy atom. The SMILES string of the molecule is COC1C2CC34CCCC5CC(=O)OC1C53OC(C)(O2)O4. The Hall–Kier alpha value is -0.690. The fourth-order valence-electron chi connectivity index (χ4n) is 5.64. The zero-order valence-corrected chi connectivity index (χ0v) is 12.3. The molecule has 0 aromatic carbocycles. The maximum atomic E-state index is 12.0. The Balaban J connectivity index is 1.73. The molecule has 3 saturated heterocycles. The van der Waals surface area contributed by atoms with Crippen LogP contribution < -0.4 is 0 Å². The van der Waals surface area contributed by atoms with Gasteiger partial charge in [-0.15, -0.1) is 0 Å². The second-order valence-electron chi connectivity index (χ2n) is 7.12.